The number of fused-ring (bicyclic) bond motifs is 1. The summed E-state index contributed by atoms with van der Waals surface area (Å²) in [5.41, 5.74) is -0.615. The average Bonchev–Trinajstić information content (AvgIpc) is 3.17. The number of carbonyl (C=O) groups is 1. The number of hydrogen-bond donors (Lipinski definition) is 4. The summed E-state index contributed by atoms with van der Waals surface area (Å²) in [6.45, 7) is 6.84. The minimum atomic E-state index is -3.91. The molecule has 220 valence electrons. The Morgan fingerprint density at radius 3 is 2.56 bits per heavy atom. The van der Waals surface area contributed by atoms with Gasteiger partial charge in [-0.05, 0) is 33.8 Å². The normalized spacial score (nSPS) is 34.4. The van der Waals surface area contributed by atoms with Gasteiger partial charge >= 0.3 is 13.4 Å². The lowest BCUT2D eigenvalue weighted by Crippen LogP contribution is -2.48. The molecular formula is C23H37N4O10PS. The molecule has 0 aromatic carbocycles. The largest absolute Gasteiger partial charge is 0.408 e. The van der Waals surface area contributed by atoms with Crippen molar-refractivity contribution in [2.45, 2.75) is 56.6 Å². The van der Waals surface area contributed by atoms with E-state index in [1.165, 1.54) is 21.5 Å². The first-order chi connectivity index (χ1) is 18.2. The van der Waals surface area contributed by atoms with Crippen molar-refractivity contribution in [2.75, 3.05) is 57.6 Å². The predicted octanol–water partition coefficient (Wildman–Crippen LogP) is -0.444. The highest BCUT2D eigenvalue weighted by Gasteiger charge is 2.92. The molecule has 4 rings (SSSR count). The maximum absolute atomic E-state index is 13.8. The van der Waals surface area contributed by atoms with Crippen molar-refractivity contribution >= 4 is 30.4 Å². The summed E-state index contributed by atoms with van der Waals surface area (Å²) in [4.78, 5) is 28.5. The highest BCUT2D eigenvalue weighted by atomic mass is 32.2. The summed E-state index contributed by atoms with van der Waals surface area (Å²) in [5, 5.41) is 31.7. The van der Waals surface area contributed by atoms with E-state index in [0.29, 0.717) is 13.2 Å². The number of hydrogen-bond acceptors (Lipinski definition) is 13. The molecule has 3 aliphatic rings. The summed E-state index contributed by atoms with van der Waals surface area (Å²) in [6.07, 6.45) is -1.19. The molecule has 3 heterocycles. The van der Waals surface area contributed by atoms with E-state index in [9.17, 15) is 29.5 Å². The van der Waals surface area contributed by atoms with Gasteiger partial charge in [-0.3, -0.25) is 18.4 Å². The van der Waals surface area contributed by atoms with Crippen LogP contribution in [0.2, 0.25) is 0 Å². The highest BCUT2D eigenvalue weighted by molar-refractivity contribution is 8.13. The molecule has 0 bridgehead atoms. The van der Waals surface area contributed by atoms with Gasteiger partial charge < -0.3 is 30.5 Å². The Kier molecular flexibility index (Phi) is 8.45. The van der Waals surface area contributed by atoms with Gasteiger partial charge in [0.2, 0.25) is 0 Å². The molecule has 6 atom stereocenters. The molecule has 0 spiro atoms. The van der Waals surface area contributed by atoms with Crippen molar-refractivity contribution < 1.29 is 43.2 Å². The van der Waals surface area contributed by atoms with Crippen molar-refractivity contribution in [3.05, 3.63) is 22.7 Å². The Labute approximate surface area is 230 Å². The molecule has 1 aromatic rings. The number of nitrogens with two attached hydrogens (primary N) is 1. The van der Waals surface area contributed by atoms with Gasteiger partial charge in [0.15, 0.2) is 10.7 Å². The first-order valence-corrected chi connectivity index (χ1v) is 15.1. The van der Waals surface area contributed by atoms with Gasteiger partial charge in [-0.2, -0.15) is 4.98 Å². The van der Waals surface area contributed by atoms with Crippen LogP contribution in [0.5, 0.6) is 0 Å². The maximum atomic E-state index is 13.8. The Balaban J connectivity index is 1.43. The number of nitrogen functional groups attached to an aromatic ring is 1. The van der Waals surface area contributed by atoms with Gasteiger partial charge in [0, 0.05) is 25.0 Å². The van der Waals surface area contributed by atoms with E-state index in [2.05, 4.69) is 4.98 Å². The third-order valence-electron chi connectivity index (χ3n) is 8.06. The van der Waals surface area contributed by atoms with Crippen LogP contribution >= 0.6 is 19.5 Å². The molecule has 14 nitrogen and oxygen atoms in total. The Hall–Kier alpha value is -1.39. The standard InChI is InChI=1S/C23H37N4O10PS/c1-20(2,14-28)18(30)39-12-11-35-38(33,26-7-9-34-10-8-26)36-13-15-17(29)23(32)21(3,22(23,4)37-15)27-6-5-16(24)25-19(27)31/h5-6,15,17,28-29,32H,7-14H2,1-4H3,(H2,24,25,31)/t15-,17?,21-,22?,23?,38?/m1/s1. The molecule has 39 heavy (non-hydrogen) atoms. The topological polar surface area (TPSA) is 196 Å². The van der Waals surface area contributed by atoms with E-state index in [-0.39, 0.29) is 49.6 Å². The molecule has 0 amide bonds. The maximum Gasteiger partial charge on any atom is 0.408 e. The summed E-state index contributed by atoms with van der Waals surface area (Å²) in [7, 11) is -3.91. The minimum absolute atomic E-state index is 0.0225. The van der Waals surface area contributed by atoms with Gasteiger partial charge in [0.05, 0.1) is 38.4 Å². The number of thioether (sulfide) groups is 1. The number of anilines is 1. The monoisotopic (exact) mass is 592 g/mol. The zero-order chi connectivity index (χ0) is 28.9. The Morgan fingerprint density at radius 2 is 2.00 bits per heavy atom. The Bertz CT molecular complexity index is 1200. The number of ether oxygens (including phenoxy) is 2. The van der Waals surface area contributed by atoms with Crippen LogP contribution in [0, 0.1) is 5.41 Å². The summed E-state index contributed by atoms with van der Waals surface area (Å²) in [5.74, 6) is 0.206. The molecule has 16 heteroatoms. The van der Waals surface area contributed by atoms with Crippen molar-refractivity contribution in [2.24, 2.45) is 5.41 Å². The Morgan fingerprint density at radius 1 is 1.33 bits per heavy atom. The van der Waals surface area contributed by atoms with Crippen LogP contribution in [-0.2, 0) is 33.4 Å². The van der Waals surface area contributed by atoms with Gasteiger partial charge in [-0.1, -0.05) is 11.8 Å². The van der Waals surface area contributed by atoms with E-state index in [1.54, 1.807) is 27.7 Å². The van der Waals surface area contributed by atoms with E-state index < -0.39 is 47.8 Å². The van der Waals surface area contributed by atoms with Gasteiger partial charge in [0.1, 0.15) is 29.2 Å². The quantitative estimate of drug-likeness (QED) is 0.191. The van der Waals surface area contributed by atoms with Crippen LogP contribution in [0.4, 0.5) is 5.82 Å². The third-order valence-corrected chi connectivity index (χ3v) is 11.3. The van der Waals surface area contributed by atoms with Crippen molar-refractivity contribution in [3.8, 4) is 0 Å². The number of aliphatic hydroxyl groups is 3. The van der Waals surface area contributed by atoms with Crippen LogP contribution in [0.1, 0.15) is 27.7 Å². The fourth-order valence-corrected chi connectivity index (χ4v) is 7.93. The number of aromatic nitrogens is 2. The number of nitrogens with zero attached hydrogens (tertiary/aromatic N) is 3. The van der Waals surface area contributed by atoms with Gasteiger partial charge in [-0.15, -0.1) is 0 Å². The molecule has 0 radical (unpaired) electrons. The van der Waals surface area contributed by atoms with Crippen molar-refractivity contribution in [3.63, 3.8) is 0 Å². The number of morpholine rings is 1. The van der Waals surface area contributed by atoms with Crippen molar-refractivity contribution in [1.82, 2.24) is 14.2 Å². The zero-order valence-corrected chi connectivity index (χ0v) is 24.2. The second-order valence-corrected chi connectivity index (χ2v) is 13.9. The lowest BCUT2D eigenvalue weighted by Gasteiger charge is -2.34. The van der Waals surface area contributed by atoms with Crippen LogP contribution in [-0.4, -0.2) is 110 Å². The molecule has 2 saturated heterocycles. The molecule has 3 fully saturated rings. The summed E-state index contributed by atoms with van der Waals surface area (Å²) >= 11 is 0.961. The third kappa shape index (κ3) is 4.90. The van der Waals surface area contributed by atoms with E-state index in [1.807, 2.05) is 0 Å². The summed E-state index contributed by atoms with van der Waals surface area (Å²) in [6, 6.07) is 1.41. The van der Waals surface area contributed by atoms with Gasteiger partial charge in [0.25, 0.3) is 0 Å². The second kappa shape index (κ2) is 10.8. The smallest absolute Gasteiger partial charge is 0.395 e. The molecule has 1 saturated carbocycles. The van der Waals surface area contributed by atoms with Crippen LogP contribution in [0.25, 0.3) is 0 Å². The molecule has 4 unspecified atom stereocenters. The molecule has 1 aliphatic carbocycles. The predicted molar refractivity (Wildman–Crippen MR) is 141 cm³/mol. The molecular weight excluding hydrogens is 555 g/mol. The fourth-order valence-electron chi connectivity index (χ4n) is 5.28. The first kappa shape index (κ1) is 30.6. The number of aliphatic hydroxyl groups excluding tert-OH is 2. The zero-order valence-electron chi connectivity index (χ0n) is 22.4. The lowest BCUT2D eigenvalue weighted by molar-refractivity contribution is -0.119. The number of carbonyl (C=O) groups excluding carboxylic acids is 1. The van der Waals surface area contributed by atoms with E-state index in [0.717, 1.165) is 11.8 Å². The van der Waals surface area contributed by atoms with Crippen LogP contribution in [0.15, 0.2) is 17.1 Å². The molecule has 5 N–H and O–H groups in total. The molecule has 1 aromatic heterocycles. The fraction of sp³-hybridized carbons (Fsp3) is 0.783. The van der Waals surface area contributed by atoms with Crippen LogP contribution < -0.4 is 11.4 Å². The SMILES string of the molecule is CC(C)(CO)C(=O)SCCOP(=O)(OC[C@H]1OC2(C)C(O)(C1O)[C@]2(C)n1ccc(N)nc1=O)N1CCOCC1. The van der Waals surface area contributed by atoms with Crippen molar-refractivity contribution in [1.29, 1.82) is 0 Å². The lowest BCUT2D eigenvalue weighted by atomic mass is 9.97. The number of rotatable bonds is 11. The van der Waals surface area contributed by atoms with E-state index >= 15 is 0 Å². The second-order valence-electron chi connectivity index (χ2n) is 10.8. The first-order valence-electron chi connectivity index (χ1n) is 12.6. The average molecular weight is 593 g/mol. The summed E-state index contributed by atoms with van der Waals surface area (Å²) < 4.78 is 39.4. The van der Waals surface area contributed by atoms with Gasteiger partial charge in [-0.25, -0.2) is 14.0 Å². The van der Waals surface area contributed by atoms with Crippen LogP contribution in [0.3, 0.4) is 0 Å². The van der Waals surface area contributed by atoms with E-state index in [4.69, 9.17) is 24.3 Å². The molecule has 2 aliphatic heterocycles. The minimum Gasteiger partial charge on any atom is -0.395 e. The highest BCUT2D eigenvalue weighted by Crippen LogP contribution is 2.71.